The van der Waals surface area contributed by atoms with E-state index in [1.807, 2.05) is 49.1 Å². The zero-order valence-electron chi connectivity index (χ0n) is 12.0. The number of nitrogens with zero attached hydrogens (tertiary/aromatic N) is 2. The van der Waals surface area contributed by atoms with Crippen molar-refractivity contribution in [2.45, 2.75) is 26.4 Å². The average molecular weight is 305 g/mol. The highest BCUT2D eigenvalue weighted by Gasteiger charge is 2.20. The summed E-state index contributed by atoms with van der Waals surface area (Å²) in [6.45, 7) is 4.66. The number of aromatic carboxylic acids is 1. The quantitative estimate of drug-likeness (QED) is 0.911. The molecular weight excluding hydrogens is 288 g/mol. The minimum Gasteiger partial charge on any atom is -0.478 e. The fourth-order valence-electron chi connectivity index (χ4n) is 2.08. The second-order valence-corrected chi connectivity index (χ2v) is 5.39. The summed E-state index contributed by atoms with van der Waals surface area (Å²) in [5.74, 6) is -0.553. The van der Waals surface area contributed by atoms with E-state index in [1.165, 1.54) is 12.3 Å². The first-order valence-electron chi connectivity index (χ1n) is 6.69. The van der Waals surface area contributed by atoms with Gasteiger partial charge in [0.05, 0.1) is 10.6 Å². The van der Waals surface area contributed by atoms with E-state index in [0.717, 1.165) is 5.56 Å². The standard InChI is InChI=1S/C16H17ClN2O2/c1-11(2)19(10-12-6-4-3-5-7-12)15-14(17)13(16(20)21)8-9-18-15/h3-9,11H,10H2,1-2H3,(H,20,21). The molecule has 0 radical (unpaired) electrons. The Kier molecular flexibility index (Phi) is 4.81. The van der Waals surface area contributed by atoms with E-state index in [-0.39, 0.29) is 16.6 Å². The zero-order valence-corrected chi connectivity index (χ0v) is 12.7. The van der Waals surface area contributed by atoms with Gasteiger partial charge in [-0.2, -0.15) is 0 Å². The number of carbonyl (C=O) groups is 1. The number of aromatic nitrogens is 1. The fourth-order valence-corrected chi connectivity index (χ4v) is 2.38. The van der Waals surface area contributed by atoms with Crippen molar-refractivity contribution in [2.24, 2.45) is 0 Å². The van der Waals surface area contributed by atoms with Gasteiger partial charge in [-0.1, -0.05) is 41.9 Å². The van der Waals surface area contributed by atoms with Gasteiger partial charge < -0.3 is 10.0 Å². The van der Waals surface area contributed by atoms with E-state index in [9.17, 15) is 4.79 Å². The van der Waals surface area contributed by atoms with Gasteiger partial charge in [0, 0.05) is 18.8 Å². The molecule has 0 saturated carbocycles. The summed E-state index contributed by atoms with van der Waals surface area (Å²) in [5.41, 5.74) is 1.19. The Balaban J connectivity index is 2.39. The lowest BCUT2D eigenvalue weighted by Gasteiger charge is -2.29. The molecule has 0 amide bonds. The number of carboxylic acids is 1. The van der Waals surface area contributed by atoms with E-state index >= 15 is 0 Å². The van der Waals surface area contributed by atoms with Crippen molar-refractivity contribution in [1.82, 2.24) is 4.98 Å². The molecule has 1 aromatic heterocycles. The molecule has 0 atom stereocenters. The number of hydrogen-bond acceptors (Lipinski definition) is 3. The van der Waals surface area contributed by atoms with E-state index in [0.29, 0.717) is 12.4 Å². The molecule has 1 aromatic carbocycles. The van der Waals surface area contributed by atoms with Crippen molar-refractivity contribution in [2.75, 3.05) is 4.90 Å². The first-order valence-corrected chi connectivity index (χ1v) is 7.07. The van der Waals surface area contributed by atoms with Crippen LogP contribution in [0.2, 0.25) is 5.02 Å². The molecule has 4 nitrogen and oxygen atoms in total. The molecule has 0 aliphatic carbocycles. The van der Waals surface area contributed by atoms with Gasteiger partial charge in [-0.05, 0) is 25.5 Å². The van der Waals surface area contributed by atoms with Crippen LogP contribution in [0.5, 0.6) is 0 Å². The van der Waals surface area contributed by atoms with Crippen molar-refractivity contribution in [3.63, 3.8) is 0 Å². The number of halogens is 1. The molecule has 21 heavy (non-hydrogen) atoms. The molecule has 5 heteroatoms. The molecular formula is C16H17ClN2O2. The van der Waals surface area contributed by atoms with Crippen LogP contribution in [0.15, 0.2) is 42.6 Å². The lowest BCUT2D eigenvalue weighted by molar-refractivity contribution is 0.0697. The molecule has 0 unspecified atom stereocenters. The second-order valence-electron chi connectivity index (χ2n) is 5.01. The van der Waals surface area contributed by atoms with Crippen LogP contribution in [0, 0.1) is 0 Å². The first-order chi connectivity index (χ1) is 10.0. The van der Waals surface area contributed by atoms with Crippen LogP contribution >= 0.6 is 11.6 Å². The van der Waals surface area contributed by atoms with Gasteiger partial charge in [0.25, 0.3) is 0 Å². The third kappa shape index (κ3) is 3.52. The molecule has 0 bridgehead atoms. The number of anilines is 1. The maximum Gasteiger partial charge on any atom is 0.337 e. The number of pyridine rings is 1. The summed E-state index contributed by atoms with van der Waals surface area (Å²) in [5, 5.41) is 9.35. The Labute approximate surface area is 129 Å². The van der Waals surface area contributed by atoms with Crippen LogP contribution in [0.25, 0.3) is 0 Å². The van der Waals surface area contributed by atoms with Gasteiger partial charge in [0.2, 0.25) is 0 Å². The first kappa shape index (κ1) is 15.3. The third-order valence-corrected chi connectivity index (χ3v) is 3.56. The molecule has 0 saturated heterocycles. The van der Waals surface area contributed by atoms with Crippen LogP contribution < -0.4 is 4.90 Å². The molecule has 0 aliphatic rings. The van der Waals surface area contributed by atoms with Crippen molar-refractivity contribution < 1.29 is 9.90 Å². The van der Waals surface area contributed by atoms with Gasteiger partial charge >= 0.3 is 5.97 Å². The molecule has 2 aromatic rings. The van der Waals surface area contributed by atoms with Crippen LogP contribution in [0.4, 0.5) is 5.82 Å². The summed E-state index contributed by atoms with van der Waals surface area (Å²) in [6, 6.07) is 11.5. The molecule has 0 aliphatic heterocycles. The van der Waals surface area contributed by atoms with E-state index in [4.69, 9.17) is 16.7 Å². The van der Waals surface area contributed by atoms with Crippen molar-refractivity contribution >= 4 is 23.4 Å². The van der Waals surface area contributed by atoms with Crippen molar-refractivity contribution in [1.29, 1.82) is 0 Å². The second kappa shape index (κ2) is 6.59. The monoisotopic (exact) mass is 304 g/mol. The zero-order chi connectivity index (χ0) is 15.4. The van der Waals surface area contributed by atoms with E-state index in [2.05, 4.69) is 4.98 Å². The normalized spacial score (nSPS) is 10.7. The molecule has 1 N–H and O–H groups in total. The number of carboxylic acid groups (broad SMARTS) is 1. The Hall–Kier alpha value is -2.07. The van der Waals surface area contributed by atoms with Gasteiger partial charge in [-0.25, -0.2) is 9.78 Å². The van der Waals surface area contributed by atoms with Crippen molar-refractivity contribution in [3.05, 3.63) is 58.7 Å². The van der Waals surface area contributed by atoms with E-state index in [1.54, 1.807) is 0 Å². The SMILES string of the molecule is CC(C)N(Cc1ccccc1)c1nccc(C(=O)O)c1Cl. The summed E-state index contributed by atoms with van der Waals surface area (Å²) >= 11 is 6.22. The van der Waals surface area contributed by atoms with Crippen LogP contribution in [-0.4, -0.2) is 22.1 Å². The number of hydrogen-bond donors (Lipinski definition) is 1. The van der Waals surface area contributed by atoms with E-state index < -0.39 is 5.97 Å². The Morgan fingerprint density at radius 2 is 1.95 bits per heavy atom. The largest absolute Gasteiger partial charge is 0.478 e. The molecule has 1 heterocycles. The predicted molar refractivity (Wildman–Crippen MR) is 84.0 cm³/mol. The average Bonchev–Trinajstić information content (AvgIpc) is 2.46. The van der Waals surface area contributed by atoms with Crippen LogP contribution in [0.3, 0.4) is 0 Å². The predicted octanol–water partition coefficient (Wildman–Crippen LogP) is 3.85. The van der Waals surface area contributed by atoms with Gasteiger partial charge in [0.1, 0.15) is 5.82 Å². The number of rotatable bonds is 5. The maximum atomic E-state index is 11.2. The third-order valence-electron chi connectivity index (χ3n) is 3.19. The van der Waals surface area contributed by atoms with Gasteiger partial charge in [-0.15, -0.1) is 0 Å². The summed E-state index contributed by atoms with van der Waals surface area (Å²) < 4.78 is 0. The summed E-state index contributed by atoms with van der Waals surface area (Å²) in [4.78, 5) is 17.5. The molecule has 2 rings (SSSR count). The molecule has 110 valence electrons. The summed E-state index contributed by atoms with van der Waals surface area (Å²) in [6.07, 6.45) is 1.48. The highest BCUT2D eigenvalue weighted by molar-refractivity contribution is 6.35. The minimum atomic E-state index is -1.05. The Morgan fingerprint density at radius 1 is 1.29 bits per heavy atom. The van der Waals surface area contributed by atoms with Gasteiger partial charge in [0.15, 0.2) is 0 Å². The minimum absolute atomic E-state index is 0.0698. The highest BCUT2D eigenvalue weighted by atomic mass is 35.5. The summed E-state index contributed by atoms with van der Waals surface area (Å²) in [7, 11) is 0. The Bertz CT molecular complexity index is 629. The Morgan fingerprint density at radius 3 is 2.52 bits per heavy atom. The fraction of sp³-hybridized carbons (Fsp3) is 0.250. The lowest BCUT2D eigenvalue weighted by atomic mass is 10.1. The number of benzene rings is 1. The van der Waals surface area contributed by atoms with Crippen molar-refractivity contribution in [3.8, 4) is 0 Å². The molecule has 0 fully saturated rings. The van der Waals surface area contributed by atoms with Crippen LogP contribution in [0.1, 0.15) is 29.8 Å². The topological polar surface area (TPSA) is 53.4 Å². The maximum absolute atomic E-state index is 11.2. The molecule has 0 spiro atoms. The highest BCUT2D eigenvalue weighted by Crippen LogP contribution is 2.29. The van der Waals surface area contributed by atoms with Crippen LogP contribution in [-0.2, 0) is 6.54 Å². The lowest BCUT2D eigenvalue weighted by Crippen LogP contribution is -2.31. The smallest absolute Gasteiger partial charge is 0.337 e. The van der Waals surface area contributed by atoms with Gasteiger partial charge in [-0.3, -0.25) is 0 Å².